The highest BCUT2D eigenvalue weighted by molar-refractivity contribution is 4.83. The van der Waals surface area contributed by atoms with Crippen LogP contribution in [-0.4, -0.2) is 19.5 Å². The first-order valence-electron chi connectivity index (χ1n) is 7.08. The summed E-state index contributed by atoms with van der Waals surface area (Å²) in [5.74, 6) is 0.682. The molecule has 1 aliphatic heterocycles. The Balaban J connectivity index is 2.56. The standard InChI is InChI=1S/C15H30O2/c1-7-15(8-2)10-16-13(17-11-15)14(5,6)9-12(3)4/h12-13H,7-11H2,1-6H3. The normalized spacial score (nSPS) is 22.1. The molecule has 2 nitrogen and oxygen atoms in total. The summed E-state index contributed by atoms with van der Waals surface area (Å²) in [4.78, 5) is 0. The van der Waals surface area contributed by atoms with Crippen molar-refractivity contribution in [2.45, 2.75) is 67.1 Å². The summed E-state index contributed by atoms with van der Waals surface area (Å²) < 4.78 is 12.0. The van der Waals surface area contributed by atoms with E-state index < -0.39 is 0 Å². The molecule has 0 radical (unpaired) electrons. The lowest BCUT2D eigenvalue weighted by atomic mass is 9.80. The Bertz CT molecular complexity index is 219. The highest BCUT2D eigenvalue weighted by Gasteiger charge is 2.40. The lowest BCUT2D eigenvalue weighted by molar-refractivity contribution is -0.272. The molecule has 1 saturated heterocycles. The van der Waals surface area contributed by atoms with Crippen LogP contribution in [0.15, 0.2) is 0 Å². The molecule has 0 aromatic carbocycles. The molecule has 1 aliphatic rings. The second-order valence-electron chi connectivity index (χ2n) is 6.75. The van der Waals surface area contributed by atoms with Gasteiger partial charge in [-0.3, -0.25) is 0 Å². The van der Waals surface area contributed by atoms with E-state index in [0.717, 1.165) is 32.5 Å². The zero-order chi connectivity index (χ0) is 13.1. The van der Waals surface area contributed by atoms with Gasteiger partial charge in [-0.1, -0.05) is 41.5 Å². The van der Waals surface area contributed by atoms with Crippen molar-refractivity contribution in [1.82, 2.24) is 0 Å². The van der Waals surface area contributed by atoms with Crippen LogP contribution in [0.3, 0.4) is 0 Å². The summed E-state index contributed by atoms with van der Waals surface area (Å²) >= 11 is 0. The minimum absolute atomic E-state index is 0.0314. The molecule has 2 heteroatoms. The Hall–Kier alpha value is -0.0800. The number of hydrogen-bond acceptors (Lipinski definition) is 2. The fraction of sp³-hybridized carbons (Fsp3) is 1.00. The molecule has 0 atom stereocenters. The van der Waals surface area contributed by atoms with Crippen LogP contribution in [0.25, 0.3) is 0 Å². The highest BCUT2D eigenvalue weighted by atomic mass is 16.7. The summed E-state index contributed by atoms with van der Waals surface area (Å²) in [6.07, 6.45) is 3.39. The van der Waals surface area contributed by atoms with Crippen LogP contribution in [-0.2, 0) is 9.47 Å². The third-order valence-corrected chi connectivity index (χ3v) is 4.15. The maximum Gasteiger partial charge on any atom is 0.162 e. The molecule has 0 aliphatic carbocycles. The third-order valence-electron chi connectivity index (χ3n) is 4.15. The topological polar surface area (TPSA) is 18.5 Å². The summed E-state index contributed by atoms with van der Waals surface area (Å²) in [6, 6.07) is 0. The Kier molecular flexibility index (Phi) is 5.03. The molecule has 1 fully saturated rings. The van der Waals surface area contributed by atoms with Crippen molar-refractivity contribution in [1.29, 1.82) is 0 Å². The van der Waals surface area contributed by atoms with Gasteiger partial charge in [0, 0.05) is 10.8 Å². The summed E-state index contributed by atoms with van der Waals surface area (Å²) in [6.45, 7) is 15.2. The van der Waals surface area contributed by atoms with E-state index >= 15 is 0 Å². The van der Waals surface area contributed by atoms with Crippen LogP contribution in [0.1, 0.15) is 60.8 Å². The lowest BCUT2D eigenvalue weighted by Gasteiger charge is -2.44. The first-order valence-corrected chi connectivity index (χ1v) is 7.08. The molecule has 102 valence electrons. The van der Waals surface area contributed by atoms with Gasteiger partial charge in [0.2, 0.25) is 0 Å². The molecule has 0 unspecified atom stereocenters. The van der Waals surface area contributed by atoms with Crippen LogP contribution in [0, 0.1) is 16.7 Å². The van der Waals surface area contributed by atoms with Gasteiger partial charge >= 0.3 is 0 Å². The van der Waals surface area contributed by atoms with Crippen molar-refractivity contribution in [2.24, 2.45) is 16.7 Å². The van der Waals surface area contributed by atoms with E-state index in [1.54, 1.807) is 0 Å². The van der Waals surface area contributed by atoms with Crippen LogP contribution in [0.4, 0.5) is 0 Å². The van der Waals surface area contributed by atoms with E-state index in [2.05, 4.69) is 41.5 Å². The molecule has 0 bridgehead atoms. The number of hydrogen-bond donors (Lipinski definition) is 0. The van der Waals surface area contributed by atoms with Crippen LogP contribution in [0.2, 0.25) is 0 Å². The Labute approximate surface area is 107 Å². The van der Waals surface area contributed by atoms with Gasteiger partial charge in [0.1, 0.15) is 0 Å². The van der Waals surface area contributed by atoms with E-state index in [0.29, 0.717) is 5.92 Å². The van der Waals surface area contributed by atoms with Crippen molar-refractivity contribution in [3.63, 3.8) is 0 Å². The van der Waals surface area contributed by atoms with Crippen LogP contribution < -0.4 is 0 Å². The summed E-state index contributed by atoms with van der Waals surface area (Å²) in [5, 5.41) is 0. The summed E-state index contributed by atoms with van der Waals surface area (Å²) in [5.41, 5.74) is 0.367. The molecule has 0 aromatic heterocycles. The molecule has 0 spiro atoms. The second kappa shape index (κ2) is 5.71. The van der Waals surface area contributed by atoms with Gasteiger partial charge in [-0.15, -0.1) is 0 Å². The quantitative estimate of drug-likeness (QED) is 0.718. The van der Waals surface area contributed by atoms with Gasteiger partial charge in [-0.25, -0.2) is 0 Å². The molecule has 0 saturated carbocycles. The molecule has 1 rings (SSSR count). The van der Waals surface area contributed by atoms with E-state index in [4.69, 9.17) is 9.47 Å². The van der Waals surface area contributed by atoms with Gasteiger partial charge in [-0.2, -0.15) is 0 Å². The maximum atomic E-state index is 6.02. The fourth-order valence-corrected chi connectivity index (χ4v) is 2.85. The van der Waals surface area contributed by atoms with Gasteiger partial charge in [-0.05, 0) is 25.2 Å². The predicted molar refractivity (Wildman–Crippen MR) is 71.9 cm³/mol. The fourth-order valence-electron chi connectivity index (χ4n) is 2.85. The molecular formula is C15H30O2. The zero-order valence-electron chi connectivity index (χ0n) is 12.5. The zero-order valence-corrected chi connectivity index (χ0v) is 12.5. The van der Waals surface area contributed by atoms with Crippen LogP contribution in [0.5, 0.6) is 0 Å². The Morgan fingerprint density at radius 1 is 1.12 bits per heavy atom. The van der Waals surface area contributed by atoms with E-state index in [-0.39, 0.29) is 17.1 Å². The SMILES string of the molecule is CCC1(CC)COC(C(C)(C)CC(C)C)OC1. The first-order chi connectivity index (χ1) is 7.85. The molecule has 0 amide bonds. The molecule has 1 heterocycles. The number of ether oxygens (including phenoxy) is 2. The molecule has 0 N–H and O–H groups in total. The van der Waals surface area contributed by atoms with Crippen LogP contribution >= 0.6 is 0 Å². The Morgan fingerprint density at radius 3 is 1.94 bits per heavy atom. The molecule has 17 heavy (non-hydrogen) atoms. The maximum absolute atomic E-state index is 6.02. The monoisotopic (exact) mass is 242 g/mol. The average molecular weight is 242 g/mol. The van der Waals surface area contributed by atoms with E-state index in [9.17, 15) is 0 Å². The minimum atomic E-state index is -0.0314. The predicted octanol–water partition coefficient (Wildman–Crippen LogP) is 4.24. The van der Waals surface area contributed by atoms with Gasteiger partial charge < -0.3 is 9.47 Å². The van der Waals surface area contributed by atoms with Crippen molar-refractivity contribution in [2.75, 3.05) is 13.2 Å². The lowest BCUT2D eigenvalue weighted by Crippen LogP contribution is -2.47. The molecular weight excluding hydrogens is 212 g/mol. The molecule has 0 aromatic rings. The smallest absolute Gasteiger partial charge is 0.162 e. The van der Waals surface area contributed by atoms with E-state index in [1.165, 1.54) is 0 Å². The largest absolute Gasteiger partial charge is 0.351 e. The van der Waals surface area contributed by atoms with Crippen molar-refractivity contribution < 1.29 is 9.47 Å². The Morgan fingerprint density at radius 2 is 1.59 bits per heavy atom. The van der Waals surface area contributed by atoms with Gasteiger partial charge in [0.15, 0.2) is 6.29 Å². The second-order valence-corrected chi connectivity index (χ2v) is 6.75. The number of rotatable bonds is 5. The summed E-state index contributed by atoms with van der Waals surface area (Å²) in [7, 11) is 0. The van der Waals surface area contributed by atoms with Crippen molar-refractivity contribution >= 4 is 0 Å². The van der Waals surface area contributed by atoms with E-state index in [1.807, 2.05) is 0 Å². The van der Waals surface area contributed by atoms with Gasteiger partial charge in [0.05, 0.1) is 13.2 Å². The highest BCUT2D eigenvalue weighted by Crippen LogP contribution is 2.39. The average Bonchev–Trinajstić information content (AvgIpc) is 2.27. The third kappa shape index (κ3) is 3.69. The van der Waals surface area contributed by atoms with Gasteiger partial charge in [0.25, 0.3) is 0 Å². The van der Waals surface area contributed by atoms with Crippen molar-refractivity contribution in [3.8, 4) is 0 Å². The minimum Gasteiger partial charge on any atom is -0.351 e. The first kappa shape index (κ1) is 15.0. The van der Waals surface area contributed by atoms with Crippen molar-refractivity contribution in [3.05, 3.63) is 0 Å².